The summed E-state index contributed by atoms with van der Waals surface area (Å²) >= 11 is 1.42. The predicted molar refractivity (Wildman–Crippen MR) is 79.7 cm³/mol. The van der Waals surface area contributed by atoms with Crippen molar-refractivity contribution in [3.63, 3.8) is 0 Å². The van der Waals surface area contributed by atoms with Gasteiger partial charge in [-0.15, -0.1) is 11.3 Å². The quantitative estimate of drug-likeness (QED) is 0.728. The Hall–Kier alpha value is -2.71. The first-order valence-corrected chi connectivity index (χ1v) is 6.76. The van der Waals surface area contributed by atoms with Crippen LogP contribution in [-0.2, 0) is 0 Å². The van der Waals surface area contributed by atoms with E-state index in [0.29, 0.717) is 16.1 Å². The Morgan fingerprint density at radius 3 is 3.05 bits per heavy atom. The van der Waals surface area contributed by atoms with Crippen LogP contribution >= 0.6 is 11.3 Å². The molecule has 0 aliphatic carbocycles. The lowest BCUT2D eigenvalue weighted by atomic mass is 10.1. The monoisotopic (exact) mass is 279 g/mol. The van der Waals surface area contributed by atoms with Crippen LogP contribution in [-0.4, -0.2) is 16.3 Å². The molecule has 0 spiro atoms. The van der Waals surface area contributed by atoms with Gasteiger partial charge in [-0.1, -0.05) is 6.07 Å². The van der Waals surface area contributed by atoms with E-state index in [0.717, 1.165) is 10.9 Å². The lowest BCUT2D eigenvalue weighted by molar-refractivity contribution is 0.480. The van der Waals surface area contributed by atoms with Crippen molar-refractivity contribution in [1.29, 1.82) is 5.26 Å². The molecule has 0 amide bonds. The smallest absolute Gasteiger partial charge is 0.141 e. The molecule has 0 saturated carbocycles. The summed E-state index contributed by atoms with van der Waals surface area (Å²) in [4.78, 5) is 8.51. The van der Waals surface area contributed by atoms with Crippen molar-refractivity contribution in [1.82, 2.24) is 4.98 Å². The van der Waals surface area contributed by atoms with E-state index >= 15 is 0 Å². The molecule has 0 radical (unpaired) electrons. The number of rotatable bonds is 2. The van der Waals surface area contributed by atoms with Crippen LogP contribution in [0, 0.1) is 11.3 Å². The van der Waals surface area contributed by atoms with Gasteiger partial charge in [0, 0.05) is 23.4 Å². The van der Waals surface area contributed by atoms with Gasteiger partial charge in [0.15, 0.2) is 0 Å². The molecule has 1 N–H and O–H groups in total. The van der Waals surface area contributed by atoms with Crippen LogP contribution in [0.15, 0.2) is 46.9 Å². The minimum atomic E-state index is 0.145. The molecule has 5 heteroatoms. The van der Waals surface area contributed by atoms with Crippen LogP contribution in [0.1, 0.15) is 11.1 Å². The Morgan fingerprint density at radius 1 is 1.30 bits per heavy atom. The minimum absolute atomic E-state index is 0.145. The van der Waals surface area contributed by atoms with Gasteiger partial charge in [0.05, 0.1) is 5.56 Å². The molecule has 0 fully saturated rings. The number of hydrogen-bond acceptors (Lipinski definition) is 5. The molecule has 1 aromatic carbocycles. The van der Waals surface area contributed by atoms with Crippen LogP contribution in [0.25, 0.3) is 10.9 Å². The number of thiophene rings is 1. The van der Waals surface area contributed by atoms with Crippen molar-refractivity contribution >= 4 is 33.5 Å². The van der Waals surface area contributed by atoms with Gasteiger partial charge < -0.3 is 5.11 Å². The summed E-state index contributed by atoms with van der Waals surface area (Å²) in [6, 6.07) is 10.9. The number of fused-ring (bicyclic) bond motifs is 1. The number of phenols is 1. The maximum atomic E-state index is 9.78. The molecule has 0 unspecified atom stereocenters. The average Bonchev–Trinajstić information content (AvgIpc) is 2.94. The van der Waals surface area contributed by atoms with Gasteiger partial charge in [-0.3, -0.25) is 4.98 Å². The molecule has 0 aliphatic rings. The van der Waals surface area contributed by atoms with Crippen molar-refractivity contribution in [2.75, 3.05) is 0 Å². The van der Waals surface area contributed by atoms with Crippen molar-refractivity contribution in [3.8, 4) is 11.8 Å². The number of hydrogen-bond donors (Lipinski definition) is 1. The first-order chi connectivity index (χ1) is 9.79. The molecule has 3 rings (SSSR count). The van der Waals surface area contributed by atoms with E-state index in [9.17, 15) is 5.11 Å². The predicted octanol–water partition coefficient (Wildman–Crippen LogP) is 3.62. The number of phenolic OH excluding ortho intramolecular Hbond substituents is 1. The van der Waals surface area contributed by atoms with Gasteiger partial charge in [0.2, 0.25) is 0 Å². The molecule has 4 nitrogen and oxygen atoms in total. The Kier molecular flexibility index (Phi) is 3.15. The highest BCUT2D eigenvalue weighted by Crippen LogP contribution is 2.27. The Bertz CT molecular complexity index is 846. The number of nitriles is 1. The maximum Gasteiger partial charge on any atom is 0.141 e. The van der Waals surface area contributed by atoms with Crippen LogP contribution in [0.2, 0.25) is 0 Å². The number of nitrogens with zero attached hydrogens (tertiary/aromatic N) is 3. The fraction of sp³-hybridized carbons (Fsp3) is 0. The minimum Gasteiger partial charge on any atom is -0.506 e. The van der Waals surface area contributed by atoms with Crippen molar-refractivity contribution in [2.24, 2.45) is 4.99 Å². The summed E-state index contributed by atoms with van der Waals surface area (Å²) in [7, 11) is 0. The Balaban J connectivity index is 2.08. The lowest BCUT2D eigenvalue weighted by Gasteiger charge is -2.02. The van der Waals surface area contributed by atoms with E-state index in [4.69, 9.17) is 5.26 Å². The third kappa shape index (κ3) is 2.13. The fourth-order valence-corrected chi connectivity index (χ4v) is 2.59. The summed E-state index contributed by atoms with van der Waals surface area (Å²) in [5.74, 6) is 0.145. The molecule has 2 aromatic heterocycles. The molecular weight excluding hydrogens is 270 g/mol. The van der Waals surface area contributed by atoms with Gasteiger partial charge in [-0.2, -0.15) is 5.26 Å². The number of aliphatic imine (C=N–C) groups is 1. The second-order valence-electron chi connectivity index (χ2n) is 4.08. The summed E-state index contributed by atoms with van der Waals surface area (Å²) in [5.41, 5.74) is 1.96. The first-order valence-electron chi connectivity index (χ1n) is 5.88. The van der Waals surface area contributed by atoms with E-state index in [1.54, 1.807) is 30.6 Å². The van der Waals surface area contributed by atoms with Gasteiger partial charge >= 0.3 is 0 Å². The van der Waals surface area contributed by atoms with E-state index in [-0.39, 0.29) is 5.75 Å². The van der Waals surface area contributed by atoms with E-state index < -0.39 is 0 Å². The summed E-state index contributed by atoms with van der Waals surface area (Å²) in [6.45, 7) is 0. The number of aromatic hydroxyl groups is 1. The summed E-state index contributed by atoms with van der Waals surface area (Å²) < 4.78 is 0. The standard InChI is InChI=1S/C15H9N3OS/c16-8-10-5-7-20-15(10)18-9-11-3-4-13(19)14-12(11)2-1-6-17-14/h1-7,9,19H/b18-9+. The van der Waals surface area contributed by atoms with Crippen LogP contribution < -0.4 is 0 Å². The molecule has 2 heterocycles. The van der Waals surface area contributed by atoms with Gasteiger partial charge in [-0.05, 0) is 29.6 Å². The lowest BCUT2D eigenvalue weighted by Crippen LogP contribution is -1.86. The highest BCUT2D eigenvalue weighted by molar-refractivity contribution is 7.14. The zero-order valence-electron chi connectivity index (χ0n) is 10.3. The van der Waals surface area contributed by atoms with Crippen molar-refractivity contribution in [3.05, 3.63) is 53.0 Å². The SMILES string of the molecule is N#Cc1ccsc1/N=C/c1ccc(O)c2ncccc12. The van der Waals surface area contributed by atoms with Gasteiger partial charge in [0.25, 0.3) is 0 Å². The van der Waals surface area contributed by atoms with Crippen molar-refractivity contribution in [2.45, 2.75) is 0 Å². The average molecular weight is 279 g/mol. The Labute approximate surface area is 119 Å². The molecule has 0 aliphatic heterocycles. The molecule has 20 heavy (non-hydrogen) atoms. The van der Waals surface area contributed by atoms with Crippen molar-refractivity contribution < 1.29 is 5.11 Å². The van der Waals surface area contributed by atoms with Gasteiger partial charge in [-0.25, -0.2) is 4.99 Å². The number of aromatic nitrogens is 1. The maximum absolute atomic E-state index is 9.78. The summed E-state index contributed by atoms with van der Waals surface area (Å²) in [5, 5.41) is 22.1. The van der Waals surface area contributed by atoms with Crippen LogP contribution in [0.5, 0.6) is 5.75 Å². The second kappa shape index (κ2) is 5.11. The zero-order valence-corrected chi connectivity index (χ0v) is 11.1. The molecule has 0 saturated heterocycles. The van der Waals surface area contributed by atoms with E-state index in [1.165, 1.54) is 11.3 Å². The Morgan fingerprint density at radius 2 is 2.20 bits per heavy atom. The molecular formula is C15H9N3OS. The zero-order chi connectivity index (χ0) is 13.9. The summed E-state index contributed by atoms with van der Waals surface area (Å²) in [6.07, 6.45) is 3.33. The largest absolute Gasteiger partial charge is 0.506 e. The first kappa shape index (κ1) is 12.3. The number of benzene rings is 1. The highest BCUT2D eigenvalue weighted by atomic mass is 32.1. The normalized spacial score (nSPS) is 10.9. The van der Waals surface area contributed by atoms with E-state index in [2.05, 4.69) is 16.0 Å². The van der Waals surface area contributed by atoms with E-state index in [1.807, 2.05) is 17.5 Å². The fourth-order valence-electron chi connectivity index (χ4n) is 1.91. The molecule has 3 aromatic rings. The third-order valence-electron chi connectivity index (χ3n) is 2.87. The molecule has 0 bridgehead atoms. The molecule has 0 atom stereocenters. The highest BCUT2D eigenvalue weighted by Gasteiger charge is 2.05. The second-order valence-corrected chi connectivity index (χ2v) is 4.98. The van der Waals surface area contributed by atoms with Gasteiger partial charge in [0.1, 0.15) is 22.3 Å². The topological polar surface area (TPSA) is 69.3 Å². The van der Waals surface area contributed by atoms with Crippen LogP contribution in [0.3, 0.4) is 0 Å². The number of pyridine rings is 1. The van der Waals surface area contributed by atoms with Crippen LogP contribution in [0.4, 0.5) is 5.00 Å². The third-order valence-corrected chi connectivity index (χ3v) is 3.69. The molecule has 96 valence electrons.